The summed E-state index contributed by atoms with van der Waals surface area (Å²) in [6.07, 6.45) is 9.18. The summed E-state index contributed by atoms with van der Waals surface area (Å²) in [5.41, 5.74) is 6.94. The maximum atomic E-state index is 13.9. The molecule has 0 aliphatic carbocycles. The Bertz CT molecular complexity index is 1900. The number of unbranched alkanes of at least 4 members (excludes halogenated alkanes) is 1. The van der Waals surface area contributed by atoms with Gasteiger partial charge in [0.25, 0.3) is 5.91 Å². The molecule has 2 aliphatic rings. The van der Waals surface area contributed by atoms with Gasteiger partial charge in [0.2, 0.25) is 11.9 Å². The zero-order valence-electron chi connectivity index (χ0n) is 32.4. The third kappa shape index (κ3) is 8.71. The van der Waals surface area contributed by atoms with Crippen LogP contribution in [0.2, 0.25) is 0 Å². The van der Waals surface area contributed by atoms with Gasteiger partial charge in [-0.25, -0.2) is 4.98 Å². The highest BCUT2D eigenvalue weighted by Crippen LogP contribution is 2.34. The van der Waals surface area contributed by atoms with Crippen molar-refractivity contribution in [2.75, 3.05) is 75.2 Å². The molecule has 0 saturated carbocycles. The van der Waals surface area contributed by atoms with Gasteiger partial charge >= 0.3 is 0 Å². The van der Waals surface area contributed by atoms with E-state index in [2.05, 4.69) is 40.4 Å². The number of nitrogens with one attached hydrogen (secondary N) is 2. The largest absolute Gasteiger partial charge is 0.494 e. The predicted octanol–water partition coefficient (Wildman–Crippen LogP) is 5.58. The molecule has 5 heterocycles. The van der Waals surface area contributed by atoms with Crippen LogP contribution in [0.5, 0.6) is 5.75 Å². The molecule has 4 aromatic rings. The molecule has 0 spiro atoms. The number of nitrogens with zero attached hydrogens (tertiary/aromatic N) is 7. The first-order valence-electron chi connectivity index (χ1n) is 19.5. The lowest BCUT2D eigenvalue weighted by atomic mass is 10.0. The molecule has 290 valence electrons. The molecule has 54 heavy (non-hydrogen) atoms. The fourth-order valence-corrected chi connectivity index (χ4v) is 7.21. The molecule has 3 aromatic heterocycles. The van der Waals surface area contributed by atoms with Crippen LogP contribution in [-0.4, -0.2) is 101 Å². The molecular weight excluding hydrogens is 686 g/mol. The lowest BCUT2D eigenvalue weighted by Crippen LogP contribution is -2.48. The Labute approximate surface area is 318 Å². The lowest BCUT2D eigenvalue weighted by Gasteiger charge is -2.36. The van der Waals surface area contributed by atoms with E-state index in [1.54, 1.807) is 7.11 Å². The second-order valence-electron chi connectivity index (χ2n) is 13.5. The van der Waals surface area contributed by atoms with Crippen LogP contribution in [0.4, 0.5) is 23.0 Å². The smallest absolute Gasteiger partial charge is 0.257 e. The first kappa shape index (κ1) is 38.8. The minimum atomic E-state index is -0.161. The van der Waals surface area contributed by atoms with Gasteiger partial charge < -0.3 is 39.2 Å². The van der Waals surface area contributed by atoms with Crippen molar-refractivity contribution in [3.63, 3.8) is 0 Å². The number of fused-ring (bicyclic) bond motifs is 3. The van der Waals surface area contributed by atoms with Gasteiger partial charge in [0.15, 0.2) is 0 Å². The Morgan fingerprint density at radius 1 is 0.944 bits per heavy atom. The highest BCUT2D eigenvalue weighted by molar-refractivity contribution is 6.06. The van der Waals surface area contributed by atoms with E-state index in [-0.39, 0.29) is 11.8 Å². The Hall–Kier alpha value is -4.95. The number of piperazine rings is 1. The van der Waals surface area contributed by atoms with Crippen molar-refractivity contribution in [3.05, 3.63) is 64.9 Å². The van der Waals surface area contributed by atoms with Crippen LogP contribution in [0.3, 0.4) is 0 Å². The van der Waals surface area contributed by atoms with E-state index < -0.39 is 0 Å². The summed E-state index contributed by atoms with van der Waals surface area (Å²) in [6.45, 7) is 14.1. The molecule has 1 saturated heterocycles. The highest BCUT2D eigenvalue weighted by Gasteiger charge is 2.27. The number of anilines is 4. The summed E-state index contributed by atoms with van der Waals surface area (Å²) in [6, 6.07) is 7.92. The molecule has 2 aliphatic heterocycles. The van der Waals surface area contributed by atoms with Gasteiger partial charge in [-0.2, -0.15) is 10.1 Å². The quantitative estimate of drug-likeness (QED) is 0.124. The second-order valence-corrected chi connectivity index (χ2v) is 13.5. The molecule has 14 heteroatoms. The highest BCUT2D eigenvalue weighted by atomic mass is 16.5. The number of rotatable bonds is 18. The molecule has 1 aromatic carbocycles. The van der Waals surface area contributed by atoms with Crippen LogP contribution in [-0.2, 0) is 46.5 Å². The maximum absolute atomic E-state index is 13.9. The Morgan fingerprint density at radius 2 is 1.76 bits per heavy atom. The van der Waals surface area contributed by atoms with Crippen molar-refractivity contribution >= 4 is 34.8 Å². The van der Waals surface area contributed by atoms with Gasteiger partial charge in [0.1, 0.15) is 11.6 Å². The van der Waals surface area contributed by atoms with Crippen LogP contribution in [0.25, 0.3) is 5.82 Å². The van der Waals surface area contributed by atoms with Crippen molar-refractivity contribution in [2.24, 2.45) is 0 Å². The summed E-state index contributed by atoms with van der Waals surface area (Å²) in [5.74, 6) is 1.94. The number of benzene rings is 1. The second kappa shape index (κ2) is 18.4. The van der Waals surface area contributed by atoms with Crippen molar-refractivity contribution in [2.45, 2.75) is 79.2 Å². The van der Waals surface area contributed by atoms with E-state index in [0.29, 0.717) is 69.5 Å². The number of carbonyl (C=O) groups is 2. The Kier molecular flexibility index (Phi) is 13.2. The first-order valence-corrected chi connectivity index (χ1v) is 19.5. The first-order chi connectivity index (χ1) is 26.4. The van der Waals surface area contributed by atoms with Gasteiger partial charge in [-0.3, -0.25) is 14.3 Å². The number of methoxy groups -OCH3 is 1. The summed E-state index contributed by atoms with van der Waals surface area (Å²) in [5, 5.41) is 11.4. The molecule has 0 unspecified atom stereocenters. The van der Waals surface area contributed by atoms with E-state index in [9.17, 15) is 9.59 Å². The van der Waals surface area contributed by atoms with E-state index >= 15 is 0 Å². The van der Waals surface area contributed by atoms with Gasteiger partial charge in [-0.05, 0) is 57.2 Å². The van der Waals surface area contributed by atoms with Crippen molar-refractivity contribution in [1.82, 2.24) is 29.2 Å². The van der Waals surface area contributed by atoms with E-state index in [1.165, 1.54) is 0 Å². The fraction of sp³-hybridized carbons (Fsp3) is 0.525. The molecular formula is C40H55N9O5. The molecule has 2 N–H and O–H groups in total. The van der Waals surface area contributed by atoms with Crippen LogP contribution in [0.1, 0.15) is 80.0 Å². The van der Waals surface area contributed by atoms with Crippen molar-refractivity contribution in [3.8, 4) is 11.6 Å². The topological polar surface area (TPSA) is 141 Å². The fourth-order valence-electron chi connectivity index (χ4n) is 7.21. The number of hydrogen-bond donors (Lipinski definition) is 2. The summed E-state index contributed by atoms with van der Waals surface area (Å²) >= 11 is 0. The Balaban J connectivity index is 1.14. The number of aromatic nitrogens is 5. The van der Waals surface area contributed by atoms with E-state index in [1.807, 2.05) is 58.6 Å². The molecule has 0 bridgehead atoms. The SMILES string of the molecule is CCCCC(=O)N1CCN(c2ccc(Nc3ncc4c(n3)-n3ccc(C(=O)Nc5c(CC)nn(CCOCCOCC)c5CC)c3CC4)c(OC)c2)CC1. The number of ether oxygens (including phenoxy) is 3. The lowest BCUT2D eigenvalue weighted by molar-refractivity contribution is -0.131. The summed E-state index contributed by atoms with van der Waals surface area (Å²) in [7, 11) is 1.65. The minimum absolute atomic E-state index is 0.161. The zero-order chi connectivity index (χ0) is 38.0. The van der Waals surface area contributed by atoms with Crippen molar-refractivity contribution < 1.29 is 23.8 Å². The number of carbonyl (C=O) groups excluding carboxylic acids is 2. The van der Waals surface area contributed by atoms with E-state index in [0.717, 1.165) is 97.4 Å². The summed E-state index contributed by atoms with van der Waals surface area (Å²) in [4.78, 5) is 40.2. The van der Waals surface area contributed by atoms with Gasteiger partial charge in [0, 0.05) is 74.6 Å². The molecule has 14 nitrogen and oxygen atoms in total. The standard InChI is InChI=1S/C40H55N9O5/c1-6-10-11-36(50)47-20-18-46(19-21-47)29-13-14-32(35(26-29)52-5)42-40-41-27-28-12-15-34-30(16-17-48(34)38(28)44-40)39(51)43-37-31(7-2)45-49(33(37)8-3)22-23-54-25-24-53-9-4/h13-14,16-17,26-27H,6-12,15,18-25H2,1-5H3,(H,43,51)(H,41,42,44). The number of aryl methyl sites for hydroxylation is 2. The van der Waals surface area contributed by atoms with Crippen molar-refractivity contribution in [1.29, 1.82) is 0 Å². The van der Waals surface area contributed by atoms with Crippen LogP contribution in [0.15, 0.2) is 36.7 Å². The minimum Gasteiger partial charge on any atom is -0.494 e. The molecule has 2 amide bonds. The molecule has 1 fully saturated rings. The zero-order valence-corrected chi connectivity index (χ0v) is 32.4. The Morgan fingerprint density at radius 3 is 2.50 bits per heavy atom. The third-order valence-electron chi connectivity index (χ3n) is 10.2. The normalized spacial score (nSPS) is 13.8. The average Bonchev–Trinajstić information content (AvgIpc) is 3.79. The molecule has 6 rings (SSSR count). The van der Waals surface area contributed by atoms with E-state index in [4.69, 9.17) is 24.3 Å². The van der Waals surface area contributed by atoms with Crippen LogP contribution in [0, 0.1) is 0 Å². The van der Waals surface area contributed by atoms with Gasteiger partial charge in [-0.15, -0.1) is 0 Å². The van der Waals surface area contributed by atoms with Crippen LogP contribution < -0.4 is 20.3 Å². The number of amides is 2. The van der Waals surface area contributed by atoms with Gasteiger partial charge in [0.05, 0.1) is 61.8 Å². The molecule has 0 radical (unpaired) electrons. The van der Waals surface area contributed by atoms with Gasteiger partial charge in [-0.1, -0.05) is 27.2 Å². The van der Waals surface area contributed by atoms with Crippen LogP contribution >= 0.6 is 0 Å². The maximum Gasteiger partial charge on any atom is 0.257 e. The average molecular weight is 742 g/mol. The molecule has 0 atom stereocenters. The monoisotopic (exact) mass is 741 g/mol. The third-order valence-corrected chi connectivity index (χ3v) is 10.2. The number of hydrogen-bond acceptors (Lipinski definition) is 10. The predicted molar refractivity (Wildman–Crippen MR) is 210 cm³/mol. The summed E-state index contributed by atoms with van der Waals surface area (Å²) < 4.78 is 20.9.